The lowest BCUT2D eigenvalue weighted by Gasteiger charge is -2.14. The fourth-order valence-electron chi connectivity index (χ4n) is 3.56. The van der Waals surface area contributed by atoms with Crippen LogP contribution in [0.1, 0.15) is 23.2 Å². The van der Waals surface area contributed by atoms with Gasteiger partial charge in [-0.2, -0.15) is 0 Å². The van der Waals surface area contributed by atoms with Crippen molar-refractivity contribution in [3.63, 3.8) is 0 Å². The van der Waals surface area contributed by atoms with E-state index in [0.29, 0.717) is 28.6 Å². The molecule has 1 amide bonds. The highest BCUT2D eigenvalue weighted by Gasteiger charge is 2.24. The van der Waals surface area contributed by atoms with Gasteiger partial charge in [-0.05, 0) is 18.9 Å². The van der Waals surface area contributed by atoms with Crippen molar-refractivity contribution < 1.29 is 27.8 Å². The predicted molar refractivity (Wildman–Crippen MR) is 128 cm³/mol. The van der Waals surface area contributed by atoms with Gasteiger partial charge in [0.15, 0.2) is 34.7 Å². The highest BCUT2D eigenvalue weighted by atomic mass is 19.1. The first kappa shape index (κ1) is 23.2. The molecule has 1 saturated carbocycles. The summed E-state index contributed by atoms with van der Waals surface area (Å²) < 4.78 is 46.0. The number of carbonyl (C=O) groups is 1. The SMILES string of the molecule is COc1ccncc1C(=O)Nc1cc(F)c(Oc2ccnc3cc(OC)c(NC4CC4)nc23)c(F)c1. The Bertz CT molecular complexity index is 1440. The zero-order valence-corrected chi connectivity index (χ0v) is 19.3. The molecule has 0 aliphatic heterocycles. The van der Waals surface area contributed by atoms with Crippen LogP contribution in [0.15, 0.2) is 48.9 Å². The summed E-state index contributed by atoms with van der Waals surface area (Å²) >= 11 is 0. The van der Waals surface area contributed by atoms with E-state index in [0.717, 1.165) is 25.0 Å². The second-order valence-corrected chi connectivity index (χ2v) is 8.04. The van der Waals surface area contributed by atoms with Gasteiger partial charge in [-0.1, -0.05) is 0 Å². The summed E-state index contributed by atoms with van der Waals surface area (Å²) in [6.45, 7) is 0. The smallest absolute Gasteiger partial charge is 0.261 e. The van der Waals surface area contributed by atoms with E-state index in [4.69, 9.17) is 14.2 Å². The van der Waals surface area contributed by atoms with E-state index >= 15 is 0 Å². The number of fused-ring (bicyclic) bond motifs is 1. The largest absolute Gasteiger partial charge is 0.496 e. The first-order chi connectivity index (χ1) is 17.5. The molecule has 9 nitrogen and oxygen atoms in total. The number of hydrogen-bond acceptors (Lipinski definition) is 8. The van der Waals surface area contributed by atoms with Crippen molar-refractivity contribution >= 4 is 28.4 Å². The van der Waals surface area contributed by atoms with E-state index < -0.39 is 23.3 Å². The number of aromatic nitrogens is 3. The van der Waals surface area contributed by atoms with Gasteiger partial charge in [0.2, 0.25) is 0 Å². The summed E-state index contributed by atoms with van der Waals surface area (Å²) in [5.41, 5.74) is 0.746. The molecule has 0 radical (unpaired) electrons. The molecule has 5 rings (SSSR count). The number of ether oxygens (including phenoxy) is 3. The van der Waals surface area contributed by atoms with Crippen molar-refractivity contribution in [2.45, 2.75) is 18.9 Å². The maximum Gasteiger partial charge on any atom is 0.261 e. The molecule has 3 heterocycles. The van der Waals surface area contributed by atoms with Crippen LogP contribution >= 0.6 is 0 Å². The summed E-state index contributed by atoms with van der Waals surface area (Å²) in [4.78, 5) is 25.3. The molecular formula is C25H21F2N5O4. The third-order valence-electron chi connectivity index (χ3n) is 5.49. The van der Waals surface area contributed by atoms with Gasteiger partial charge >= 0.3 is 0 Å². The molecule has 36 heavy (non-hydrogen) atoms. The fraction of sp³-hybridized carbons (Fsp3) is 0.200. The number of anilines is 2. The fourth-order valence-corrected chi connectivity index (χ4v) is 3.56. The van der Waals surface area contributed by atoms with E-state index in [9.17, 15) is 13.6 Å². The van der Waals surface area contributed by atoms with Crippen molar-refractivity contribution in [2.75, 3.05) is 24.9 Å². The molecule has 0 spiro atoms. The van der Waals surface area contributed by atoms with Crippen LogP contribution in [0.4, 0.5) is 20.3 Å². The molecule has 1 aliphatic carbocycles. The summed E-state index contributed by atoms with van der Waals surface area (Å²) in [7, 11) is 2.92. The topological polar surface area (TPSA) is 107 Å². The van der Waals surface area contributed by atoms with Crippen LogP contribution in [0.2, 0.25) is 0 Å². The van der Waals surface area contributed by atoms with Crippen LogP contribution in [0.3, 0.4) is 0 Å². The van der Waals surface area contributed by atoms with Crippen molar-refractivity contribution in [1.29, 1.82) is 0 Å². The van der Waals surface area contributed by atoms with Gasteiger partial charge in [-0.15, -0.1) is 0 Å². The first-order valence-corrected chi connectivity index (χ1v) is 11.0. The third kappa shape index (κ3) is 4.67. The highest BCUT2D eigenvalue weighted by Crippen LogP contribution is 2.37. The quantitative estimate of drug-likeness (QED) is 0.356. The lowest BCUT2D eigenvalue weighted by atomic mass is 10.2. The molecule has 1 aromatic carbocycles. The molecule has 2 N–H and O–H groups in total. The lowest BCUT2D eigenvalue weighted by Crippen LogP contribution is -2.14. The number of rotatable bonds is 8. The molecule has 0 saturated heterocycles. The molecule has 3 aromatic heterocycles. The zero-order valence-electron chi connectivity index (χ0n) is 19.3. The molecule has 0 atom stereocenters. The van der Waals surface area contributed by atoms with Crippen molar-refractivity contribution in [3.05, 3.63) is 66.1 Å². The maximum atomic E-state index is 15.0. The number of hydrogen-bond donors (Lipinski definition) is 2. The molecule has 1 aliphatic rings. The Labute approximate surface area is 204 Å². The van der Waals surface area contributed by atoms with Crippen molar-refractivity contribution in [1.82, 2.24) is 15.0 Å². The summed E-state index contributed by atoms with van der Waals surface area (Å²) in [5, 5.41) is 5.71. The normalized spacial score (nSPS) is 12.8. The number of halogens is 2. The van der Waals surface area contributed by atoms with Crippen LogP contribution in [0.25, 0.3) is 11.0 Å². The Kier molecular flexibility index (Phi) is 6.19. The first-order valence-electron chi connectivity index (χ1n) is 11.0. The number of pyridine rings is 3. The summed E-state index contributed by atoms with van der Waals surface area (Å²) in [6, 6.07) is 6.86. The molecule has 0 bridgehead atoms. The maximum absolute atomic E-state index is 15.0. The van der Waals surface area contributed by atoms with Crippen molar-refractivity contribution in [2.24, 2.45) is 0 Å². The van der Waals surface area contributed by atoms with Gasteiger partial charge in [-0.3, -0.25) is 14.8 Å². The average molecular weight is 493 g/mol. The van der Waals surface area contributed by atoms with Gasteiger partial charge in [0.05, 0.1) is 25.3 Å². The van der Waals surface area contributed by atoms with Crippen molar-refractivity contribution in [3.8, 4) is 23.0 Å². The molecular weight excluding hydrogens is 472 g/mol. The average Bonchev–Trinajstić information content (AvgIpc) is 3.70. The van der Waals surface area contributed by atoms with Crippen LogP contribution < -0.4 is 24.8 Å². The number of nitrogens with one attached hydrogen (secondary N) is 2. The van der Waals surface area contributed by atoms with E-state index in [1.165, 1.54) is 44.9 Å². The second-order valence-electron chi connectivity index (χ2n) is 8.04. The predicted octanol–water partition coefficient (Wildman–Crippen LogP) is 4.94. The van der Waals surface area contributed by atoms with Crippen LogP contribution in [0, 0.1) is 11.6 Å². The van der Waals surface area contributed by atoms with Gasteiger partial charge in [0, 0.05) is 54.6 Å². The Morgan fingerprint density at radius 2 is 1.72 bits per heavy atom. The monoisotopic (exact) mass is 493 g/mol. The zero-order chi connectivity index (χ0) is 25.2. The number of methoxy groups -OCH3 is 2. The second kappa shape index (κ2) is 9.61. The standard InChI is InChI=1S/C25H21F2N5O4/c1-34-19-5-7-28-12-15(19)25(33)31-14-9-16(26)23(17(27)10-14)36-20-6-8-29-18-11-21(35-2)24(32-22(18)20)30-13-3-4-13/h5-13H,3-4H2,1-2H3,(H,30,32)(H,31,33). The van der Waals surface area contributed by atoms with Gasteiger partial charge < -0.3 is 24.8 Å². The van der Waals surface area contributed by atoms with E-state index in [-0.39, 0.29) is 22.7 Å². The molecule has 1 fully saturated rings. The highest BCUT2D eigenvalue weighted by molar-refractivity contribution is 6.06. The third-order valence-corrected chi connectivity index (χ3v) is 5.49. The van der Waals surface area contributed by atoms with Crippen LogP contribution in [0.5, 0.6) is 23.0 Å². The van der Waals surface area contributed by atoms with Gasteiger partial charge in [0.25, 0.3) is 5.91 Å². The Morgan fingerprint density at radius 1 is 1.00 bits per heavy atom. The number of amides is 1. The summed E-state index contributed by atoms with van der Waals surface area (Å²) in [6.07, 6.45) is 6.23. The number of nitrogens with zero attached hydrogens (tertiary/aromatic N) is 3. The minimum Gasteiger partial charge on any atom is -0.496 e. The minimum atomic E-state index is -1.02. The van der Waals surface area contributed by atoms with Crippen LogP contribution in [-0.2, 0) is 0 Å². The summed E-state index contributed by atoms with van der Waals surface area (Å²) in [5.74, 6) is -1.94. The van der Waals surface area contributed by atoms with E-state index in [2.05, 4.69) is 25.6 Å². The molecule has 184 valence electrons. The minimum absolute atomic E-state index is 0.105. The number of carbonyl (C=O) groups excluding carboxylic acids is 1. The van der Waals surface area contributed by atoms with E-state index in [1.807, 2.05) is 0 Å². The number of benzene rings is 1. The Balaban J connectivity index is 1.43. The van der Waals surface area contributed by atoms with E-state index in [1.54, 1.807) is 6.07 Å². The van der Waals surface area contributed by atoms with Gasteiger partial charge in [-0.25, -0.2) is 13.8 Å². The molecule has 0 unspecified atom stereocenters. The Morgan fingerprint density at radius 3 is 2.42 bits per heavy atom. The van der Waals surface area contributed by atoms with Crippen LogP contribution in [-0.4, -0.2) is 41.1 Å². The molecule has 11 heteroatoms. The molecule has 4 aromatic rings. The lowest BCUT2D eigenvalue weighted by molar-refractivity contribution is 0.102. The van der Waals surface area contributed by atoms with Gasteiger partial charge in [0.1, 0.15) is 11.3 Å². The Hall–Kier alpha value is -4.54.